The minimum Gasteiger partial charge on any atom is -0.386 e. The summed E-state index contributed by atoms with van der Waals surface area (Å²) < 4.78 is 27.1. The number of imidazole rings is 1. The molecule has 2 aromatic rings. The van der Waals surface area contributed by atoms with Gasteiger partial charge in [0, 0.05) is 18.9 Å². The number of nitrogens with zero attached hydrogens (tertiary/aromatic N) is 2. The van der Waals surface area contributed by atoms with Crippen LogP contribution in [0.5, 0.6) is 0 Å². The van der Waals surface area contributed by atoms with Gasteiger partial charge >= 0.3 is 0 Å². The van der Waals surface area contributed by atoms with Gasteiger partial charge in [-0.15, -0.1) is 0 Å². The Labute approximate surface area is 105 Å². The predicted octanol–water partition coefficient (Wildman–Crippen LogP) is 0.307. The number of nitrogens with one attached hydrogen (secondary N) is 1. The summed E-state index contributed by atoms with van der Waals surface area (Å²) in [5, 5.41) is 9.89. The number of hydrogen-bond acceptors (Lipinski definition) is 4. The maximum Gasteiger partial charge on any atom is 0.214 e. The molecule has 0 saturated carbocycles. The largest absolute Gasteiger partial charge is 0.386 e. The molecule has 0 aliphatic rings. The van der Waals surface area contributed by atoms with Crippen molar-refractivity contribution in [3.8, 4) is 0 Å². The lowest BCUT2D eigenvalue weighted by Crippen LogP contribution is -2.29. The van der Waals surface area contributed by atoms with Gasteiger partial charge in [-0.05, 0) is 12.1 Å². The minimum absolute atomic E-state index is 0.306. The summed E-state index contributed by atoms with van der Waals surface area (Å²) in [6.45, 7) is 2.00. The predicted molar refractivity (Wildman–Crippen MR) is 67.6 cm³/mol. The molecule has 6 nitrogen and oxygen atoms in total. The first-order valence-corrected chi connectivity index (χ1v) is 7.26. The molecule has 0 amide bonds. The number of aliphatic hydroxyl groups excluding tert-OH is 1. The molecule has 98 valence electrons. The molecule has 0 fully saturated rings. The smallest absolute Gasteiger partial charge is 0.214 e. The van der Waals surface area contributed by atoms with Gasteiger partial charge in [-0.1, -0.05) is 13.0 Å². The molecule has 1 atom stereocenters. The van der Waals surface area contributed by atoms with Crippen LogP contribution in [0.3, 0.4) is 0 Å². The Balaban J connectivity index is 2.21. The highest BCUT2D eigenvalue weighted by atomic mass is 32.2. The Morgan fingerprint density at radius 3 is 2.94 bits per heavy atom. The lowest BCUT2D eigenvalue weighted by Gasteiger charge is -2.08. The molecular formula is C11H15N3O3S. The van der Waals surface area contributed by atoms with Crippen molar-refractivity contribution in [1.82, 2.24) is 14.1 Å². The Hall–Kier alpha value is -1.44. The highest BCUT2D eigenvalue weighted by Gasteiger charge is 2.20. The zero-order valence-electron chi connectivity index (χ0n) is 9.94. The molecule has 0 aromatic carbocycles. The second-order valence-corrected chi connectivity index (χ2v) is 5.78. The van der Waals surface area contributed by atoms with Crippen molar-refractivity contribution in [2.75, 3.05) is 12.3 Å². The average molecular weight is 269 g/mol. The molecule has 18 heavy (non-hydrogen) atoms. The van der Waals surface area contributed by atoms with E-state index in [9.17, 15) is 13.5 Å². The first-order valence-electron chi connectivity index (χ1n) is 5.61. The Morgan fingerprint density at radius 1 is 1.50 bits per heavy atom. The third-order valence-corrected chi connectivity index (χ3v) is 3.95. The summed E-state index contributed by atoms with van der Waals surface area (Å²) in [5.74, 6) is -0.384. The van der Waals surface area contributed by atoms with Crippen LogP contribution in [-0.4, -0.2) is 35.2 Å². The molecule has 0 spiro atoms. The highest BCUT2D eigenvalue weighted by Crippen LogP contribution is 2.14. The maximum atomic E-state index is 11.5. The first kappa shape index (κ1) is 13.0. The fraction of sp³-hybridized carbons (Fsp3) is 0.364. The molecule has 0 bridgehead atoms. The van der Waals surface area contributed by atoms with E-state index in [2.05, 4.69) is 9.71 Å². The minimum atomic E-state index is -3.47. The molecule has 2 aromatic heterocycles. The van der Waals surface area contributed by atoms with E-state index in [0.29, 0.717) is 17.9 Å². The topological polar surface area (TPSA) is 83.7 Å². The third kappa shape index (κ3) is 2.87. The normalized spacial score (nSPS) is 13.9. The van der Waals surface area contributed by atoms with E-state index in [1.165, 1.54) is 0 Å². The highest BCUT2D eigenvalue weighted by molar-refractivity contribution is 7.89. The van der Waals surface area contributed by atoms with Gasteiger partial charge in [-0.2, -0.15) is 0 Å². The molecule has 0 saturated heterocycles. The van der Waals surface area contributed by atoms with Crippen molar-refractivity contribution in [3.05, 3.63) is 36.3 Å². The number of hydrogen-bond donors (Lipinski definition) is 2. The van der Waals surface area contributed by atoms with E-state index in [1.54, 1.807) is 29.8 Å². The van der Waals surface area contributed by atoms with Crippen LogP contribution in [0.4, 0.5) is 0 Å². The molecule has 2 rings (SSSR count). The van der Waals surface area contributed by atoms with Crippen LogP contribution in [0.15, 0.2) is 30.6 Å². The molecular weight excluding hydrogens is 254 g/mol. The standard InChI is InChI=1S/C11H15N3O3S/c1-2-12-18(16,17)8-10(15)9-7-14-6-4-3-5-11(14)13-9/h3-7,10,12,15H,2,8H2,1H3/t10-/m0/s1. The lowest BCUT2D eigenvalue weighted by atomic mass is 10.3. The Kier molecular flexibility index (Phi) is 3.65. The van der Waals surface area contributed by atoms with Crippen LogP contribution >= 0.6 is 0 Å². The molecule has 0 unspecified atom stereocenters. The van der Waals surface area contributed by atoms with Crippen molar-refractivity contribution >= 4 is 15.7 Å². The van der Waals surface area contributed by atoms with E-state index in [4.69, 9.17) is 0 Å². The Bertz CT molecular complexity index is 603. The lowest BCUT2D eigenvalue weighted by molar-refractivity contribution is 0.197. The zero-order valence-corrected chi connectivity index (χ0v) is 10.8. The van der Waals surface area contributed by atoms with Crippen molar-refractivity contribution in [2.24, 2.45) is 0 Å². The molecule has 7 heteroatoms. The number of rotatable bonds is 5. The van der Waals surface area contributed by atoms with Crippen molar-refractivity contribution < 1.29 is 13.5 Å². The Morgan fingerprint density at radius 2 is 2.28 bits per heavy atom. The zero-order chi connectivity index (χ0) is 13.2. The van der Waals surface area contributed by atoms with E-state index in [-0.39, 0.29) is 5.75 Å². The third-order valence-electron chi connectivity index (χ3n) is 2.47. The average Bonchev–Trinajstić information content (AvgIpc) is 2.71. The number of sulfonamides is 1. The maximum absolute atomic E-state index is 11.5. The van der Waals surface area contributed by atoms with E-state index < -0.39 is 16.1 Å². The summed E-state index contributed by atoms with van der Waals surface area (Å²) >= 11 is 0. The SMILES string of the molecule is CCNS(=O)(=O)C[C@H](O)c1cn2ccccc2n1. The van der Waals surface area contributed by atoms with Crippen molar-refractivity contribution in [3.63, 3.8) is 0 Å². The summed E-state index contributed by atoms with van der Waals surface area (Å²) in [5.41, 5.74) is 1.02. The number of pyridine rings is 1. The number of aromatic nitrogens is 2. The summed E-state index contributed by atoms with van der Waals surface area (Å²) in [4.78, 5) is 4.18. The van der Waals surface area contributed by atoms with Crippen LogP contribution in [0.2, 0.25) is 0 Å². The van der Waals surface area contributed by atoms with Crippen LogP contribution in [0.25, 0.3) is 5.65 Å². The molecule has 0 aliphatic carbocycles. The van der Waals surface area contributed by atoms with E-state index in [1.807, 2.05) is 12.1 Å². The summed E-state index contributed by atoms with van der Waals surface area (Å²) in [6, 6.07) is 5.45. The van der Waals surface area contributed by atoms with Gasteiger partial charge in [0.1, 0.15) is 11.8 Å². The fourth-order valence-electron chi connectivity index (χ4n) is 1.69. The van der Waals surface area contributed by atoms with Gasteiger partial charge in [0.15, 0.2) is 0 Å². The van der Waals surface area contributed by atoms with Crippen LogP contribution < -0.4 is 4.72 Å². The quantitative estimate of drug-likeness (QED) is 0.818. The second-order valence-electron chi connectivity index (χ2n) is 3.93. The number of fused-ring (bicyclic) bond motifs is 1. The van der Waals surface area contributed by atoms with Gasteiger partial charge in [-0.3, -0.25) is 0 Å². The molecule has 2 heterocycles. The van der Waals surface area contributed by atoms with Crippen LogP contribution in [0.1, 0.15) is 18.7 Å². The van der Waals surface area contributed by atoms with Crippen LogP contribution in [-0.2, 0) is 10.0 Å². The summed E-state index contributed by atoms with van der Waals surface area (Å²) in [6.07, 6.45) is 2.28. The van der Waals surface area contributed by atoms with Gasteiger partial charge in [0.2, 0.25) is 10.0 Å². The second kappa shape index (κ2) is 5.05. The monoisotopic (exact) mass is 269 g/mol. The molecule has 2 N–H and O–H groups in total. The molecule has 0 aliphatic heterocycles. The first-order chi connectivity index (χ1) is 8.52. The van der Waals surface area contributed by atoms with Gasteiger partial charge < -0.3 is 9.51 Å². The van der Waals surface area contributed by atoms with Crippen LogP contribution in [0, 0.1) is 0 Å². The molecule has 0 radical (unpaired) electrons. The van der Waals surface area contributed by atoms with Crippen molar-refractivity contribution in [2.45, 2.75) is 13.0 Å². The van der Waals surface area contributed by atoms with E-state index in [0.717, 1.165) is 0 Å². The van der Waals surface area contributed by atoms with E-state index >= 15 is 0 Å². The van der Waals surface area contributed by atoms with Gasteiger partial charge in [0.25, 0.3) is 0 Å². The van der Waals surface area contributed by atoms with Gasteiger partial charge in [0.05, 0.1) is 11.4 Å². The fourth-order valence-corrected chi connectivity index (χ4v) is 2.83. The number of aliphatic hydroxyl groups is 1. The van der Waals surface area contributed by atoms with Crippen molar-refractivity contribution in [1.29, 1.82) is 0 Å². The van der Waals surface area contributed by atoms with Gasteiger partial charge in [-0.25, -0.2) is 18.1 Å². The summed E-state index contributed by atoms with van der Waals surface area (Å²) in [7, 11) is -3.47.